The van der Waals surface area contributed by atoms with E-state index >= 15 is 0 Å². The summed E-state index contributed by atoms with van der Waals surface area (Å²) in [6.07, 6.45) is 0.997. The van der Waals surface area contributed by atoms with E-state index in [-0.39, 0.29) is 5.91 Å². The number of rotatable bonds is 12. The summed E-state index contributed by atoms with van der Waals surface area (Å²) in [5, 5.41) is 3.06. The fraction of sp³-hybridized carbons (Fsp3) is 0.297. The molecule has 1 amide bonds. The van der Waals surface area contributed by atoms with E-state index in [1.807, 2.05) is 86.6 Å². The van der Waals surface area contributed by atoms with Crippen molar-refractivity contribution in [3.8, 4) is 0 Å². The summed E-state index contributed by atoms with van der Waals surface area (Å²) in [5.74, 6) is 0.344. The van der Waals surface area contributed by atoms with Crippen LogP contribution in [0, 0.1) is 13.8 Å². The number of carbonyl (C=O) groups excluding carboxylic acids is 1. The molecule has 6 aromatic rings. The van der Waals surface area contributed by atoms with E-state index in [1.54, 1.807) is 0 Å². The van der Waals surface area contributed by atoms with Gasteiger partial charge in [0.1, 0.15) is 16.9 Å². The van der Waals surface area contributed by atoms with Crippen LogP contribution in [0.5, 0.6) is 0 Å². The number of carbonyl (C=O) groups is 1. The first kappa shape index (κ1) is 31.9. The van der Waals surface area contributed by atoms with E-state index in [1.165, 1.54) is 0 Å². The van der Waals surface area contributed by atoms with Crippen molar-refractivity contribution in [2.24, 2.45) is 10.7 Å². The Kier molecular flexibility index (Phi) is 9.60. The third-order valence-electron chi connectivity index (χ3n) is 8.53. The molecule has 2 aromatic heterocycles. The summed E-state index contributed by atoms with van der Waals surface area (Å²) in [4.78, 5) is 41.5. The first-order valence-electron chi connectivity index (χ1n) is 16.1. The minimum Gasteiger partial charge on any atom is -0.383 e. The van der Waals surface area contributed by atoms with Crippen molar-refractivity contribution in [3.63, 3.8) is 0 Å². The molecule has 10 heteroatoms. The van der Waals surface area contributed by atoms with E-state index in [4.69, 9.17) is 25.7 Å². The fourth-order valence-electron chi connectivity index (χ4n) is 5.83. The number of nitrogens with zero attached hydrogens (tertiary/aromatic N) is 7. The predicted molar refractivity (Wildman–Crippen MR) is 191 cm³/mol. The maximum atomic E-state index is 13.1. The molecule has 0 fully saturated rings. The molecule has 0 unspecified atom stereocenters. The third kappa shape index (κ3) is 7.19. The normalized spacial score (nSPS) is 12.3. The highest BCUT2D eigenvalue weighted by Crippen LogP contribution is 2.23. The zero-order valence-corrected chi connectivity index (χ0v) is 27.5. The number of aliphatic imine (C=N–C) groups is 1. The van der Waals surface area contributed by atoms with E-state index < -0.39 is 0 Å². The zero-order valence-electron chi connectivity index (χ0n) is 27.5. The first-order chi connectivity index (χ1) is 22.8. The number of hydrogen-bond donors (Lipinski definition) is 2. The van der Waals surface area contributed by atoms with Crippen LogP contribution in [0.3, 0.4) is 0 Å². The number of aromatic nitrogens is 4. The van der Waals surface area contributed by atoms with E-state index in [2.05, 4.69) is 34.2 Å². The standard InChI is InChI=1S/C37H41N9O/c1-24-10-5-14-28-32(24)43-34-26(12-7-16-30(34)41-28)36(38)39-18-22-45(3)20-9-21-46(4)23-19-40-37(47)27-13-8-17-31-35(27)44-33-25(2)11-6-15-29(33)42-31/h5-8,10-17H,9,18-23H2,1-4H3,(H2,38,39)(H,40,47). The van der Waals surface area contributed by atoms with Gasteiger partial charge in [0.15, 0.2) is 0 Å². The first-order valence-corrected chi connectivity index (χ1v) is 16.1. The Morgan fingerprint density at radius 1 is 0.660 bits per heavy atom. The molecular weight excluding hydrogens is 586 g/mol. The number of amidine groups is 1. The van der Waals surface area contributed by atoms with E-state index in [9.17, 15) is 4.79 Å². The predicted octanol–water partition coefficient (Wildman–Crippen LogP) is 4.89. The van der Waals surface area contributed by atoms with Gasteiger partial charge >= 0.3 is 0 Å². The Balaban J connectivity index is 0.955. The lowest BCUT2D eigenvalue weighted by Gasteiger charge is -2.20. The van der Waals surface area contributed by atoms with Gasteiger partial charge in [-0.15, -0.1) is 0 Å². The Hall–Kier alpha value is -5.06. The summed E-state index contributed by atoms with van der Waals surface area (Å²) >= 11 is 0. The summed E-state index contributed by atoms with van der Waals surface area (Å²) in [6, 6.07) is 23.4. The Bertz CT molecular complexity index is 2110. The highest BCUT2D eigenvalue weighted by molar-refractivity contribution is 6.08. The van der Waals surface area contributed by atoms with Crippen molar-refractivity contribution in [2.75, 3.05) is 53.4 Å². The Morgan fingerprint density at radius 3 is 1.74 bits per heavy atom. The van der Waals surface area contributed by atoms with Crippen LogP contribution in [0.15, 0.2) is 77.8 Å². The molecular formula is C37H41N9O. The van der Waals surface area contributed by atoms with Gasteiger partial charge in [0.2, 0.25) is 0 Å². The van der Waals surface area contributed by atoms with Crippen molar-refractivity contribution >= 4 is 55.9 Å². The summed E-state index contributed by atoms with van der Waals surface area (Å²) in [5.41, 5.74) is 16.3. The number of nitrogens with one attached hydrogen (secondary N) is 1. The number of aryl methyl sites for hydroxylation is 2. The van der Waals surface area contributed by atoms with Crippen molar-refractivity contribution in [3.05, 3.63) is 95.1 Å². The van der Waals surface area contributed by atoms with Gasteiger partial charge in [-0.2, -0.15) is 0 Å². The third-order valence-corrected chi connectivity index (χ3v) is 8.53. The number of benzene rings is 4. The smallest absolute Gasteiger partial charge is 0.253 e. The molecule has 0 radical (unpaired) electrons. The second kappa shape index (κ2) is 14.1. The summed E-state index contributed by atoms with van der Waals surface area (Å²) in [6.45, 7) is 8.57. The van der Waals surface area contributed by atoms with Crippen LogP contribution in [0.4, 0.5) is 0 Å². The molecule has 3 N–H and O–H groups in total. The molecule has 0 spiro atoms. The van der Waals surface area contributed by atoms with Crippen LogP contribution >= 0.6 is 0 Å². The molecule has 0 aliphatic carbocycles. The van der Waals surface area contributed by atoms with Gasteiger partial charge in [-0.3, -0.25) is 9.79 Å². The molecule has 10 nitrogen and oxygen atoms in total. The molecule has 2 heterocycles. The number of amides is 1. The lowest BCUT2D eigenvalue weighted by molar-refractivity contribution is 0.0951. The molecule has 0 saturated heterocycles. The average molecular weight is 628 g/mol. The maximum Gasteiger partial charge on any atom is 0.253 e. The van der Waals surface area contributed by atoms with Gasteiger partial charge in [0.25, 0.3) is 5.91 Å². The van der Waals surface area contributed by atoms with Gasteiger partial charge in [-0.1, -0.05) is 36.4 Å². The van der Waals surface area contributed by atoms with Crippen molar-refractivity contribution < 1.29 is 4.79 Å². The lowest BCUT2D eigenvalue weighted by atomic mass is 10.1. The number of fused-ring (bicyclic) bond motifs is 4. The molecule has 6 rings (SSSR count). The molecule has 0 aliphatic heterocycles. The SMILES string of the molecule is Cc1cccc2nc3cccc(C(=O)NCCN(C)CCCN(C)CCN=C(N)c4cccc5nc6cccc(C)c6nc45)c3nc12. The van der Waals surface area contributed by atoms with Crippen molar-refractivity contribution in [2.45, 2.75) is 20.3 Å². The molecule has 0 bridgehead atoms. The van der Waals surface area contributed by atoms with E-state index in [0.29, 0.717) is 30.0 Å². The lowest BCUT2D eigenvalue weighted by Crippen LogP contribution is -2.34. The van der Waals surface area contributed by atoms with Gasteiger partial charge in [-0.05, 0) is 95.0 Å². The Morgan fingerprint density at radius 2 is 1.15 bits per heavy atom. The van der Waals surface area contributed by atoms with Crippen molar-refractivity contribution in [1.29, 1.82) is 0 Å². The van der Waals surface area contributed by atoms with Gasteiger partial charge < -0.3 is 20.9 Å². The van der Waals surface area contributed by atoms with Gasteiger partial charge in [0.05, 0.1) is 45.2 Å². The largest absolute Gasteiger partial charge is 0.383 e. The minimum absolute atomic E-state index is 0.134. The summed E-state index contributed by atoms with van der Waals surface area (Å²) in [7, 11) is 4.18. The molecule has 47 heavy (non-hydrogen) atoms. The fourth-order valence-corrected chi connectivity index (χ4v) is 5.83. The maximum absolute atomic E-state index is 13.1. The van der Waals surface area contributed by atoms with Crippen LogP contribution < -0.4 is 11.1 Å². The number of likely N-dealkylation sites (N-methyl/N-ethyl adjacent to an activating group) is 2. The number of hydrogen-bond acceptors (Lipinski definition) is 8. The highest BCUT2D eigenvalue weighted by atomic mass is 16.1. The highest BCUT2D eigenvalue weighted by Gasteiger charge is 2.14. The van der Waals surface area contributed by atoms with Crippen LogP contribution in [0.2, 0.25) is 0 Å². The topological polar surface area (TPSA) is 126 Å². The molecule has 4 aromatic carbocycles. The quantitative estimate of drug-likeness (QED) is 0.112. The number of para-hydroxylation sites is 4. The Labute approximate surface area is 274 Å². The van der Waals surface area contributed by atoms with Crippen LogP contribution in [0.1, 0.15) is 33.5 Å². The zero-order chi connectivity index (χ0) is 32.9. The molecule has 240 valence electrons. The second-order valence-electron chi connectivity index (χ2n) is 12.2. The molecule has 0 saturated carbocycles. The molecule has 0 atom stereocenters. The van der Waals surface area contributed by atoms with Crippen LogP contribution in [-0.4, -0.2) is 94.8 Å². The van der Waals surface area contributed by atoms with Crippen LogP contribution in [-0.2, 0) is 0 Å². The van der Waals surface area contributed by atoms with Crippen molar-refractivity contribution in [1.82, 2.24) is 35.1 Å². The monoisotopic (exact) mass is 627 g/mol. The average Bonchev–Trinajstić information content (AvgIpc) is 3.06. The van der Waals surface area contributed by atoms with Gasteiger partial charge in [-0.25, -0.2) is 19.9 Å². The van der Waals surface area contributed by atoms with Gasteiger partial charge in [0, 0.05) is 25.2 Å². The number of nitrogens with two attached hydrogens (primary N) is 1. The van der Waals surface area contributed by atoms with E-state index in [0.717, 1.165) is 87.9 Å². The van der Waals surface area contributed by atoms with Crippen LogP contribution in [0.25, 0.3) is 44.1 Å². The minimum atomic E-state index is -0.134. The molecule has 0 aliphatic rings. The summed E-state index contributed by atoms with van der Waals surface area (Å²) < 4.78 is 0. The second-order valence-corrected chi connectivity index (χ2v) is 12.2.